The molecule has 6 nitrogen and oxygen atoms in total. The van der Waals surface area contributed by atoms with E-state index in [1.54, 1.807) is 30.3 Å². The van der Waals surface area contributed by atoms with Gasteiger partial charge in [-0.2, -0.15) is 0 Å². The molecular weight excluding hydrogens is 376 g/mol. The fourth-order valence-electron chi connectivity index (χ4n) is 3.05. The van der Waals surface area contributed by atoms with Crippen molar-refractivity contribution in [2.45, 2.75) is 20.8 Å². The number of hydrogen-bond acceptors (Lipinski definition) is 4. The maximum Gasteiger partial charge on any atom is 0.245 e. The van der Waals surface area contributed by atoms with Crippen LogP contribution in [0.3, 0.4) is 0 Å². The number of nitrogens with one attached hydrogen (secondary N) is 1. The number of carbonyl (C=O) groups is 1. The Morgan fingerprint density at radius 1 is 1.14 bits per heavy atom. The van der Waals surface area contributed by atoms with Crippen LogP contribution in [0.15, 0.2) is 49.1 Å². The van der Waals surface area contributed by atoms with Crippen molar-refractivity contribution >= 4 is 27.3 Å². The van der Waals surface area contributed by atoms with Gasteiger partial charge < -0.3 is 10.1 Å². The van der Waals surface area contributed by atoms with Crippen LogP contribution in [0.1, 0.15) is 16.7 Å². The van der Waals surface area contributed by atoms with Crippen LogP contribution in [0.2, 0.25) is 0 Å². The molecule has 2 aromatic carbocycles. The first kappa shape index (κ1) is 21.5. The third kappa shape index (κ3) is 5.60. The van der Waals surface area contributed by atoms with Crippen molar-refractivity contribution in [3.8, 4) is 5.75 Å². The zero-order chi connectivity index (χ0) is 20.9. The van der Waals surface area contributed by atoms with Crippen molar-refractivity contribution in [3.05, 3.63) is 65.7 Å². The van der Waals surface area contributed by atoms with E-state index in [0.29, 0.717) is 23.7 Å². The van der Waals surface area contributed by atoms with Crippen molar-refractivity contribution in [1.82, 2.24) is 0 Å². The normalized spacial score (nSPS) is 11.0. The van der Waals surface area contributed by atoms with E-state index in [1.165, 1.54) is 0 Å². The van der Waals surface area contributed by atoms with Crippen molar-refractivity contribution < 1.29 is 17.9 Å². The summed E-state index contributed by atoms with van der Waals surface area (Å²) in [6.07, 6.45) is 2.75. The fourth-order valence-corrected chi connectivity index (χ4v) is 4.02. The topological polar surface area (TPSA) is 75.7 Å². The quantitative estimate of drug-likeness (QED) is 0.685. The first-order valence-corrected chi connectivity index (χ1v) is 10.7. The second-order valence-corrected chi connectivity index (χ2v) is 8.60. The van der Waals surface area contributed by atoms with Gasteiger partial charge in [0.15, 0.2) is 0 Å². The number of sulfonamides is 1. The summed E-state index contributed by atoms with van der Waals surface area (Å²) in [5, 5.41) is 2.73. The number of anilines is 2. The molecule has 1 amide bonds. The van der Waals surface area contributed by atoms with E-state index < -0.39 is 15.9 Å². The Bertz CT molecular complexity index is 943. The summed E-state index contributed by atoms with van der Waals surface area (Å²) in [5.74, 6) is 0.228. The third-order valence-electron chi connectivity index (χ3n) is 4.08. The summed E-state index contributed by atoms with van der Waals surface area (Å²) in [4.78, 5) is 12.5. The second-order valence-electron chi connectivity index (χ2n) is 6.69. The number of aryl methyl sites for hydroxylation is 3. The molecule has 28 heavy (non-hydrogen) atoms. The molecule has 0 spiro atoms. The molecule has 0 radical (unpaired) electrons. The van der Waals surface area contributed by atoms with Gasteiger partial charge in [-0.25, -0.2) is 8.42 Å². The molecule has 0 saturated heterocycles. The summed E-state index contributed by atoms with van der Waals surface area (Å²) in [7, 11) is -3.64. The molecule has 0 atom stereocenters. The summed E-state index contributed by atoms with van der Waals surface area (Å²) in [5.41, 5.74) is 3.74. The lowest BCUT2D eigenvalue weighted by Gasteiger charge is -2.26. The highest BCUT2D eigenvalue weighted by atomic mass is 32.2. The zero-order valence-electron chi connectivity index (χ0n) is 16.7. The molecule has 7 heteroatoms. The average molecular weight is 403 g/mol. The van der Waals surface area contributed by atoms with Gasteiger partial charge in [-0.05, 0) is 56.2 Å². The Labute approximate surface area is 166 Å². The Hall–Kier alpha value is -2.80. The van der Waals surface area contributed by atoms with Crippen LogP contribution in [-0.2, 0) is 14.8 Å². The van der Waals surface area contributed by atoms with Gasteiger partial charge in [0.25, 0.3) is 0 Å². The van der Waals surface area contributed by atoms with Gasteiger partial charge in [0.1, 0.15) is 18.9 Å². The Morgan fingerprint density at radius 3 is 2.21 bits per heavy atom. The van der Waals surface area contributed by atoms with Crippen molar-refractivity contribution in [3.63, 3.8) is 0 Å². The predicted octanol–water partition coefficient (Wildman–Crippen LogP) is 3.58. The maximum atomic E-state index is 12.5. The number of carbonyl (C=O) groups excluding carboxylic acids is 1. The number of ether oxygens (including phenoxy) is 1. The molecular formula is C21H26N2O4S. The molecule has 0 heterocycles. The second kappa shape index (κ2) is 8.93. The van der Waals surface area contributed by atoms with Crippen molar-refractivity contribution in [2.75, 3.05) is 29.0 Å². The van der Waals surface area contributed by atoms with E-state index in [9.17, 15) is 13.2 Å². The van der Waals surface area contributed by atoms with Crippen LogP contribution < -0.4 is 14.4 Å². The molecule has 0 fully saturated rings. The van der Waals surface area contributed by atoms with E-state index in [4.69, 9.17) is 4.74 Å². The van der Waals surface area contributed by atoms with E-state index in [2.05, 4.69) is 11.9 Å². The van der Waals surface area contributed by atoms with E-state index >= 15 is 0 Å². The van der Waals surface area contributed by atoms with Crippen molar-refractivity contribution in [1.29, 1.82) is 0 Å². The summed E-state index contributed by atoms with van der Waals surface area (Å²) < 4.78 is 31.3. The molecule has 1 N–H and O–H groups in total. The average Bonchev–Trinajstić information content (AvgIpc) is 2.58. The molecule has 0 aromatic heterocycles. The minimum absolute atomic E-state index is 0.307. The molecule has 0 aliphatic heterocycles. The highest BCUT2D eigenvalue weighted by molar-refractivity contribution is 7.92. The molecule has 0 bridgehead atoms. The highest BCUT2D eigenvalue weighted by Crippen LogP contribution is 2.28. The molecule has 2 aromatic rings. The van der Waals surface area contributed by atoms with Gasteiger partial charge in [0, 0.05) is 5.69 Å². The lowest BCUT2D eigenvalue weighted by molar-refractivity contribution is -0.114. The summed E-state index contributed by atoms with van der Waals surface area (Å²) in [6.45, 7) is 9.30. The molecule has 2 rings (SSSR count). The summed E-state index contributed by atoms with van der Waals surface area (Å²) in [6, 6.07) is 10.6. The van der Waals surface area contributed by atoms with E-state index in [1.807, 2.05) is 32.9 Å². The Morgan fingerprint density at radius 2 is 1.71 bits per heavy atom. The standard InChI is InChI=1S/C21H26N2O4S/c1-6-11-27-19-9-7-18(8-10-19)22-20(24)14-23(28(5,25)26)21-16(3)12-15(2)13-17(21)4/h6-10,12-13H,1,11,14H2,2-5H3,(H,22,24). The molecule has 0 saturated carbocycles. The first-order chi connectivity index (χ1) is 13.1. The molecule has 150 valence electrons. The van der Waals surface area contributed by atoms with Crippen LogP contribution >= 0.6 is 0 Å². The number of benzene rings is 2. The van der Waals surface area contributed by atoms with Gasteiger partial charge >= 0.3 is 0 Å². The van der Waals surface area contributed by atoms with E-state index in [0.717, 1.165) is 27.3 Å². The number of hydrogen-bond donors (Lipinski definition) is 1. The van der Waals surface area contributed by atoms with Gasteiger partial charge in [-0.1, -0.05) is 30.4 Å². The molecule has 0 aliphatic rings. The van der Waals surface area contributed by atoms with Crippen LogP contribution in [0.5, 0.6) is 5.75 Å². The Balaban J connectivity index is 2.20. The minimum Gasteiger partial charge on any atom is -0.490 e. The van der Waals surface area contributed by atoms with E-state index in [-0.39, 0.29) is 6.54 Å². The van der Waals surface area contributed by atoms with Crippen LogP contribution in [-0.4, -0.2) is 33.7 Å². The lowest BCUT2D eigenvalue weighted by atomic mass is 10.1. The van der Waals surface area contributed by atoms with Gasteiger partial charge in [0.2, 0.25) is 15.9 Å². The SMILES string of the molecule is C=CCOc1ccc(NC(=O)CN(c2c(C)cc(C)cc2C)S(C)(=O)=O)cc1. The highest BCUT2D eigenvalue weighted by Gasteiger charge is 2.24. The Kier molecular flexibility index (Phi) is 6.85. The van der Waals surface area contributed by atoms with Gasteiger partial charge in [0.05, 0.1) is 11.9 Å². The van der Waals surface area contributed by atoms with Crippen LogP contribution in [0, 0.1) is 20.8 Å². The monoisotopic (exact) mass is 402 g/mol. The lowest BCUT2D eigenvalue weighted by Crippen LogP contribution is -2.38. The van der Waals surface area contributed by atoms with Gasteiger partial charge in [-0.3, -0.25) is 9.10 Å². The predicted molar refractivity (Wildman–Crippen MR) is 114 cm³/mol. The summed E-state index contributed by atoms with van der Waals surface area (Å²) >= 11 is 0. The fraction of sp³-hybridized carbons (Fsp3) is 0.286. The van der Waals surface area contributed by atoms with Gasteiger partial charge in [-0.15, -0.1) is 0 Å². The number of amides is 1. The van der Waals surface area contributed by atoms with Crippen molar-refractivity contribution in [2.24, 2.45) is 0 Å². The number of rotatable bonds is 8. The first-order valence-electron chi connectivity index (χ1n) is 8.81. The zero-order valence-corrected chi connectivity index (χ0v) is 17.5. The van der Waals surface area contributed by atoms with Crippen LogP contribution in [0.4, 0.5) is 11.4 Å². The maximum absolute atomic E-state index is 12.5. The largest absolute Gasteiger partial charge is 0.490 e. The minimum atomic E-state index is -3.64. The number of nitrogens with zero attached hydrogens (tertiary/aromatic N) is 1. The third-order valence-corrected chi connectivity index (χ3v) is 5.19. The molecule has 0 unspecified atom stereocenters. The smallest absolute Gasteiger partial charge is 0.245 e. The molecule has 0 aliphatic carbocycles. The van der Waals surface area contributed by atoms with Crippen LogP contribution in [0.25, 0.3) is 0 Å².